The Hall–Kier alpha value is -3.82. The predicted octanol–water partition coefficient (Wildman–Crippen LogP) is 4.80. The number of alkyl halides is 3. The van der Waals surface area contributed by atoms with E-state index in [9.17, 15) is 18.0 Å². The van der Waals surface area contributed by atoms with Crippen molar-refractivity contribution in [1.82, 2.24) is 9.97 Å². The molecule has 0 saturated heterocycles. The Morgan fingerprint density at radius 2 is 2.00 bits per heavy atom. The minimum atomic E-state index is -4.59. The molecule has 1 aliphatic heterocycles. The molecule has 0 bridgehead atoms. The SMILES string of the molecule is COc1ccc2c(c1)CC(C(F)(F)F)N2C(=O)Nc1ccc(Oc2cccnc2)nc1. The van der Waals surface area contributed by atoms with Gasteiger partial charge in [0.2, 0.25) is 5.88 Å². The highest BCUT2D eigenvalue weighted by Crippen LogP contribution is 2.41. The van der Waals surface area contributed by atoms with Crippen LogP contribution in [0.3, 0.4) is 0 Å². The van der Waals surface area contributed by atoms with Crippen molar-refractivity contribution in [3.8, 4) is 17.4 Å². The van der Waals surface area contributed by atoms with Crippen molar-refractivity contribution in [2.75, 3.05) is 17.3 Å². The van der Waals surface area contributed by atoms with Crippen LogP contribution in [-0.4, -0.2) is 35.3 Å². The van der Waals surface area contributed by atoms with Crippen molar-refractivity contribution in [3.05, 3.63) is 66.6 Å². The van der Waals surface area contributed by atoms with Crippen molar-refractivity contribution in [1.29, 1.82) is 0 Å². The molecule has 0 radical (unpaired) electrons. The first-order valence-electron chi connectivity index (χ1n) is 9.23. The molecule has 4 rings (SSSR count). The minimum absolute atomic E-state index is 0.185. The maximum Gasteiger partial charge on any atom is 0.409 e. The molecule has 3 heterocycles. The first kappa shape index (κ1) is 20.5. The molecule has 1 unspecified atom stereocenters. The number of carbonyl (C=O) groups is 1. The second kappa shape index (κ2) is 8.13. The largest absolute Gasteiger partial charge is 0.497 e. The van der Waals surface area contributed by atoms with Crippen LogP contribution in [0.1, 0.15) is 5.56 Å². The smallest absolute Gasteiger partial charge is 0.409 e. The maximum absolute atomic E-state index is 13.6. The van der Waals surface area contributed by atoms with E-state index in [4.69, 9.17) is 9.47 Å². The third-order valence-corrected chi connectivity index (χ3v) is 4.71. The Kier molecular flexibility index (Phi) is 5.37. The summed E-state index contributed by atoms with van der Waals surface area (Å²) in [7, 11) is 1.43. The summed E-state index contributed by atoms with van der Waals surface area (Å²) in [5.41, 5.74) is 0.798. The van der Waals surface area contributed by atoms with Gasteiger partial charge in [-0.1, -0.05) is 0 Å². The number of amides is 2. The average Bonchev–Trinajstić information content (AvgIpc) is 3.15. The van der Waals surface area contributed by atoms with Crippen molar-refractivity contribution in [2.45, 2.75) is 18.6 Å². The number of benzene rings is 1. The van der Waals surface area contributed by atoms with Gasteiger partial charge in [-0.2, -0.15) is 13.2 Å². The lowest BCUT2D eigenvalue weighted by Crippen LogP contribution is -2.48. The van der Waals surface area contributed by atoms with E-state index in [0.717, 1.165) is 4.90 Å². The number of hydrogen-bond donors (Lipinski definition) is 1. The van der Waals surface area contributed by atoms with Gasteiger partial charge in [0.25, 0.3) is 0 Å². The first-order chi connectivity index (χ1) is 14.8. The summed E-state index contributed by atoms with van der Waals surface area (Å²) < 4.78 is 51.5. The molecule has 31 heavy (non-hydrogen) atoms. The number of anilines is 2. The zero-order valence-corrected chi connectivity index (χ0v) is 16.3. The second-order valence-corrected chi connectivity index (χ2v) is 6.73. The van der Waals surface area contributed by atoms with Crippen LogP contribution in [0.2, 0.25) is 0 Å². The van der Waals surface area contributed by atoms with Crippen LogP contribution in [0.15, 0.2) is 61.1 Å². The zero-order chi connectivity index (χ0) is 22.0. The van der Waals surface area contributed by atoms with E-state index in [1.165, 1.54) is 49.8 Å². The Bertz CT molecular complexity index is 1080. The number of nitrogens with zero attached hydrogens (tertiary/aromatic N) is 3. The fourth-order valence-corrected chi connectivity index (χ4v) is 3.29. The van der Waals surface area contributed by atoms with E-state index in [2.05, 4.69) is 15.3 Å². The molecule has 1 N–H and O–H groups in total. The Morgan fingerprint density at radius 1 is 1.16 bits per heavy atom. The number of fused-ring (bicyclic) bond motifs is 1. The summed E-state index contributed by atoms with van der Waals surface area (Å²) in [5.74, 6) is 1.15. The van der Waals surface area contributed by atoms with Gasteiger partial charge in [0.05, 0.1) is 25.2 Å². The maximum atomic E-state index is 13.6. The monoisotopic (exact) mass is 430 g/mol. The summed E-state index contributed by atoms with van der Waals surface area (Å²) in [6, 6.07) is 7.97. The van der Waals surface area contributed by atoms with Crippen LogP contribution < -0.4 is 19.7 Å². The summed E-state index contributed by atoms with van der Waals surface area (Å²) in [5, 5.41) is 2.47. The van der Waals surface area contributed by atoms with Crippen LogP contribution in [0.5, 0.6) is 17.4 Å². The van der Waals surface area contributed by atoms with E-state index >= 15 is 0 Å². The van der Waals surface area contributed by atoms with Gasteiger partial charge < -0.3 is 14.8 Å². The Balaban J connectivity index is 1.52. The van der Waals surface area contributed by atoms with Crippen LogP contribution >= 0.6 is 0 Å². The summed E-state index contributed by atoms with van der Waals surface area (Å²) in [6.45, 7) is 0. The van der Waals surface area contributed by atoms with Gasteiger partial charge in [0, 0.05) is 24.4 Å². The van der Waals surface area contributed by atoms with Gasteiger partial charge >= 0.3 is 12.2 Å². The molecule has 160 valence electrons. The number of halogens is 3. The van der Waals surface area contributed by atoms with Crippen LogP contribution in [0.4, 0.5) is 29.3 Å². The number of methoxy groups -OCH3 is 1. The molecule has 0 fully saturated rings. The van der Waals surface area contributed by atoms with Gasteiger partial charge in [-0.25, -0.2) is 9.78 Å². The van der Waals surface area contributed by atoms with Crippen molar-refractivity contribution in [2.24, 2.45) is 0 Å². The van der Waals surface area contributed by atoms with Crippen LogP contribution in [0, 0.1) is 0 Å². The first-order valence-corrected chi connectivity index (χ1v) is 9.23. The third-order valence-electron chi connectivity index (χ3n) is 4.71. The molecular formula is C21H17F3N4O3. The third kappa shape index (κ3) is 4.37. The fraction of sp³-hybridized carbons (Fsp3) is 0.190. The van der Waals surface area contributed by atoms with Gasteiger partial charge in [-0.15, -0.1) is 0 Å². The highest BCUT2D eigenvalue weighted by Gasteiger charge is 2.50. The summed E-state index contributed by atoms with van der Waals surface area (Å²) in [6.07, 6.45) is -0.534. The van der Waals surface area contributed by atoms with E-state index in [1.807, 2.05) is 0 Å². The lowest BCUT2D eigenvalue weighted by atomic mass is 10.1. The van der Waals surface area contributed by atoms with Gasteiger partial charge in [0.1, 0.15) is 17.5 Å². The molecule has 2 amide bonds. The number of rotatable bonds is 4. The minimum Gasteiger partial charge on any atom is -0.497 e. The normalized spacial score (nSPS) is 15.4. The van der Waals surface area contributed by atoms with Gasteiger partial charge in [0.15, 0.2) is 0 Å². The molecule has 3 aromatic rings. The quantitative estimate of drug-likeness (QED) is 0.643. The molecule has 1 atom stereocenters. The zero-order valence-electron chi connectivity index (χ0n) is 16.3. The lowest BCUT2D eigenvalue weighted by Gasteiger charge is -2.27. The lowest BCUT2D eigenvalue weighted by molar-refractivity contribution is -0.145. The van der Waals surface area contributed by atoms with Gasteiger partial charge in [-0.3, -0.25) is 9.88 Å². The fourth-order valence-electron chi connectivity index (χ4n) is 3.29. The van der Waals surface area contributed by atoms with Crippen molar-refractivity contribution >= 4 is 17.4 Å². The number of aromatic nitrogens is 2. The summed E-state index contributed by atoms with van der Waals surface area (Å²) >= 11 is 0. The Morgan fingerprint density at radius 3 is 2.65 bits per heavy atom. The predicted molar refractivity (Wildman–Crippen MR) is 107 cm³/mol. The molecule has 7 nitrogen and oxygen atoms in total. The van der Waals surface area contributed by atoms with Crippen molar-refractivity contribution < 1.29 is 27.4 Å². The number of carbonyl (C=O) groups excluding carboxylic acids is 1. The molecule has 2 aromatic heterocycles. The molecule has 0 aliphatic carbocycles. The van der Waals surface area contributed by atoms with Gasteiger partial charge in [-0.05, 0) is 42.0 Å². The average molecular weight is 430 g/mol. The highest BCUT2D eigenvalue weighted by molar-refractivity contribution is 6.03. The number of urea groups is 1. The molecule has 1 aromatic carbocycles. The molecule has 10 heteroatoms. The molecule has 0 spiro atoms. The van der Waals surface area contributed by atoms with Crippen LogP contribution in [0.25, 0.3) is 0 Å². The number of ether oxygens (including phenoxy) is 2. The van der Waals surface area contributed by atoms with E-state index in [-0.39, 0.29) is 23.7 Å². The van der Waals surface area contributed by atoms with Crippen LogP contribution in [-0.2, 0) is 6.42 Å². The Labute approximate surface area is 175 Å². The molecule has 0 saturated carbocycles. The number of pyridine rings is 2. The topological polar surface area (TPSA) is 76.6 Å². The number of nitrogens with one attached hydrogen (secondary N) is 1. The van der Waals surface area contributed by atoms with Crippen molar-refractivity contribution in [3.63, 3.8) is 0 Å². The standard InChI is InChI=1S/C21H17F3N4O3/c1-30-15-5-6-17-13(9-15)10-18(21(22,23)24)28(17)20(29)27-14-4-7-19(26-11-14)31-16-3-2-8-25-12-16/h2-9,11-12,18H,10H2,1H3,(H,27,29). The summed E-state index contributed by atoms with van der Waals surface area (Å²) in [4.78, 5) is 21.5. The second-order valence-electron chi connectivity index (χ2n) is 6.73. The highest BCUT2D eigenvalue weighted by atomic mass is 19.4. The van der Waals surface area contributed by atoms with E-state index < -0.39 is 18.2 Å². The van der Waals surface area contributed by atoms with E-state index in [0.29, 0.717) is 17.1 Å². The van der Waals surface area contributed by atoms with E-state index in [1.54, 1.807) is 18.3 Å². The number of hydrogen-bond acceptors (Lipinski definition) is 5. The molecule has 1 aliphatic rings. The molecular weight excluding hydrogens is 413 g/mol.